The van der Waals surface area contributed by atoms with Crippen LogP contribution in [0, 0.1) is 0 Å². The number of nitrogens with zero attached hydrogens (tertiary/aromatic N) is 4. The molecule has 34 heavy (non-hydrogen) atoms. The number of hydrogen-bond acceptors (Lipinski definition) is 11. The summed E-state index contributed by atoms with van der Waals surface area (Å²) in [5.41, 5.74) is 4.76. The van der Waals surface area contributed by atoms with Gasteiger partial charge in [-0.05, 0) is 19.4 Å². The Balaban J connectivity index is 1.36. The van der Waals surface area contributed by atoms with Gasteiger partial charge in [0, 0.05) is 40.0 Å². The summed E-state index contributed by atoms with van der Waals surface area (Å²) in [6.07, 6.45) is 0.561. The van der Waals surface area contributed by atoms with Crippen LogP contribution in [0.4, 0.5) is 0 Å². The fraction of sp³-hybridized carbons (Fsp3) is 0.391. The van der Waals surface area contributed by atoms with Crippen molar-refractivity contribution >= 4 is 34.7 Å². The van der Waals surface area contributed by atoms with Crippen molar-refractivity contribution in [3.05, 3.63) is 59.1 Å². The number of hydrogen-bond donors (Lipinski definition) is 1. The zero-order valence-corrected chi connectivity index (χ0v) is 20.3. The number of ether oxygens (including phenoxy) is 2. The monoisotopic (exact) mass is 497 g/mol. The molecule has 0 saturated carbocycles. The highest BCUT2D eigenvalue weighted by atomic mass is 32.2. The Morgan fingerprint density at radius 1 is 0.794 bits per heavy atom. The van der Waals surface area contributed by atoms with Gasteiger partial charge in [-0.1, -0.05) is 53.9 Å². The van der Waals surface area contributed by atoms with Gasteiger partial charge < -0.3 is 23.6 Å². The van der Waals surface area contributed by atoms with E-state index in [4.69, 9.17) is 18.3 Å². The van der Waals surface area contributed by atoms with E-state index in [-0.39, 0.29) is 18.1 Å². The van der Waals surface area contributed by atoms with Gasteiger partial charge in [-0.2, -0.15) is 0 Å². The topological polar surface area (TPSA) is 115 Å². The van der Waals surface area contributed by atoms with Crippen LogP contribution >= 0.6 is 23.5 Å². The lowest BCUT2D eigenvalue weighted by molar-refractivity contribution is 0.420. The van der Waals surface area contributed by atoms with Gasteiger partial charge in [-0.3, -0.25) is 0 Å². The van der Waals surface area contributed by atoms with Crippen LogP contribution in [0.2, 0.25) is 0 Å². The first-order chi connectivity index (χ1) is 16.7. The second-order valence-corrected chi connectivity index (χ2v) is 10.3. The highest BCUT2D eigenvalue weighted by molar-refractivity contribution is 7.99. The highest BCUT2D eigenvalue weighted by Crippen LogP contribution is 2.47. The van der Waals surface area contributed by atoms with Crippen LogP contribution in [0.3, 0.4) is 0 Å². The van der Waals surface area contributed by atoms with Crippen LogP contribution in [-0.4, -0.2) is 57.3 Å². The first-order valence-electron chi connectivity index (χ1n) is 11.1. The van der Waals surface area contributed by atoms with E-state index >= 15 is 0 Å². The molecule has 11 heteroatoms. The first kappa shape index (κ1) is 21.9. The molecular formula is C23H23N5O4S2. The van der Waals surface area contributed by atoms with Crippen LogP contribution < -0.4 is 5.32 Å². The predicted octanol–water partition coefficient (Wildman–Crippen LogP) is 3.98. The lowest BCUT2D eigenvalue weighted by Crippen LogP contribution is -2.23. The number of dihydropyridines is 1. The van der Waals surface area contributed by atoms with Gasteiger partial charge in [0.15, 0.2) is 0 Å². The van der Waals surface area contributed by atoms with Crippen molar-refractivity contribution in [3.63, 3.8) is 0 Å². The lowest BCUT2D eigenvalue weighted by atomic mass is 9.80. The molecule has 2 atom stereocenters. The van der Waals surface area contributed by atoms with E-state index in [0.717, 1.165) is 52.8 Å². The Morgan fingerprint density at radius 2 is 1.29 bits per heavy atom. The SMILES string of the molecule is CC1=C(c2nnc(SCC3CO3)o2)C(c2ccccc2)C(c2nnc(SCC3CO3)o2)=C(C)N1. The van der Waals surface area contributed by atoms with Crippen molar-refractivity contribution in [2.75, 3.05) is 24.7 Å². The van der Waals surface area contributed by atoms with Crippen molar-refractivity contribution in [1.82, 2.24) is 25.7 Å². The van der Waals surface area contributed by atoms with Gasteiger partial charge in [-0.25, -0.2) is 0 Å². The van der Waals surface area contributed by atoms with E-state index in [0.29, 0.717) is 22.2 Å². The zero-order valence-electron chi connectivity index (χ0n) is 18.7. The summed E-state index contributed by atoms with van der Waals surface area (Å²) in [6.45, 7) is 5.63. The number of epoxide rings is 2. The third-order valence-electron chi connectivity index (χ3n) is 5.76. The van der Waals surface area contributed by atoms with Crippen LogP contribution in [0.15, 0.2) is 61.0 Å². The van der Waals surface area contributed by atoms with Gasteiger partial charge in [0.1, 0.15) is 0 Å². The van der Waals surface area contributed by atoms with Crippen LogP contribution in [0.25, 0.3) is 11.1 Å². The Bertz CT molecular complexity index is 1170. The number of allylic oxidation sites excluding steroid dienone is 4. The summed E-state index contributed by atoms with van der Waals surface area (Å²) >= 11 is 3.03. The minimum atomic E-state index is -0.211. The van der Waals surface area contributed by atoms with Crippen molar-refractivity contribution in [2.24, 2.45) is 0 Å². The molecule has 5 heterocycles. The molecular weight excluding hydrogens is 474 g/mol. The normalized spacial score (nSPS) is 23.9. The van der Waals surface area contributed by atoms with Gasteiger partial charge >= 0.3 is 0 Å². The van der Waals surface area contributed by atoms with E-state index < -0.39 is 0 Å². The van der Waals surface area contributed by atoms with E-state index in [9.17, 15) is 0 Å². The van der Waals surface area contributed by atoms with Gasteiger partial charge in [0.2, 0.25) is 11.8 Å². The molecule has 2 saturated heterocycles. The number of aromatic nitrogens is 4. The van der Waals surface area contributed by atoms with E-state index in [1.807, 2.05) is 32.0 Å². The number of rotatable bonds is 9. The minimum Gasteiger partial charge on any atom is -0.411 e. The van der Waals surface area contributed by atoms with Crippen molar-refractivity contribution in [1.29, 1.82) is 0 Å². The maximum absolute atomic E-state index is 6.10. The third-order valence-corrected chi connectivity index (χ3v) is 7.66. The molecule has 3 aliphatic heterocycles. The highest BCUT2D eigenvalue weighted by Gasteiger charge is 2.36. The largest absolute Gasteiger partial charge is 0.411 e. The van der Waals surface area contributed by atoms with Crippen LogP contribution in [0.1, 0.15) is 37.1 Å². The fourth-order valence-corrected chi connectivity index (χ4v) is 5.47. The van der Waals surface area contributed by atoms with Gasteiger partial charge in [0.05, 0.1) is 25.4 Å². The Morgan fingerprint density at radius 3 is 1.76 bits per heavy atom. The summed E-state index contributed by atoms with van der Waals surface area (Å²) in [4.78, 5) is 0. The molecule has 0 amide bonds. The predicted molar refractivity (Wildman–Crippen MR) is 127 cm³/mol. The molecule has 1 N–H and O–H groups in total. The zero-order chi connectivity index (χ0) is 23.1. The van der Waals surface area contributed by atoms with E-state index in [1.165, 1.54) is 23.5 Å². The Labute approximate surface area is 204 Å². The molecule has 176 valence electrons. The summed E-state index contributed by atoms with van der Waals surface area (Å²) in [6, 6.07) is 10.2. The van der Waals surface area contributed by atoms with Crippen LogP contribution in [-0.2, 0) is 9.47 Å². The molecule has 9 nitrogen and oxygen atoms in total. The first-order valence-corrected chi connectivity index (χ1v) is 13.0. The van der Waals surface area contributed by atoms with Crippen molar-refractivity contribution < 1.29 is 18.3 Å². The smallest absolute Gasteiger partial charge is 0.276 e. The molecule has 0 bridgehead atoms. The Kier molecular flexibility index (Phi) is 5.94. The molecule has 0 radical (unpaired) electrons. The molecule has 2 fully saturated rings. The fourth-order valence-electron chi connectivity index (χ4n) is 3.95. The molecule has 6 rings (SSSR count). The molecule has 2 unspecified atom stereocenters. The van der Waals surface area contributed by atoms with Crippen LogP contribution in [0.5, 0.6) is 0 Å². The number of thioether (sulfide) groups is 2. The second kappa shape index (κ2) is 9.21. The van der Waals surface area contributed by atoms with Gasteiger partial charge in [0.25, 0.3) is 10.4 Å². The summed E-state index contributed by atoms with van der Waals surface area (Å²) in [5.74, 6) is 2.35. The average molecular weight is 498 g/mol. The minimum absolute atomic E-state index is 0.211. The summed E-state index contributed by atoms with van der Waals surface area (Å²) in [7, 11) is 0. The third kappa shape index (κ3) is 4.65. The summed E-state index contributed by atoms with van der Waals surface area (Å²) in [5, 5.41) is 21.9. The summed E-state index contributed by atoms with van der Waals surface area (Å²) < 4.78 is 22.8. The average Bonchev–Trinajstić information content (AvgIpc) is 3.76. The number of benzene rings is 1. The molecule has 3 aromatic rings. The maximum atomic E-state index is 6.10. The maximum Gasteiger partial charge on any atom is 0.276 e. The lowest BCUT2D eigenvalue weighted by Gasteiger charge is -2.29. The standard InChI is InChI=1S/C23H23N5O4S2/c1-12-17(20-25-27-22(31-20)33-10-15-8-29-15)19(14-6-4-3-5-7-14)18(13(2)24-12)21-26-28-23(32-21)34-11-16-9-30-16/h3-7,15-16,19,24H,8-11H2,1-2H3. The quantitative estimate of drug-likeness (QED) is 0.342. The molecule has 0 aliphatic carbocycles. The van der Waals surface area contributed by atoms with E-state index in [1.54, 1.807) is 0 Å². The van der Waals surface area contributed by atoms with Gasteiger partial charge in [-0.15, -0.1) is 20.4 Å². The molecule has 3 aliphatic rings. The Hall–Kier alpha value is -2.60. The molecule has 0 spiro atoms. The van der Waals surface area contributed by atoms with E-state index in [2.05, 4.69) is 37.8 Å². The molecule has 2 aromatic heterocycles. The van der Waals surface area contributed by atoms with Crippen molar-refractivity contribution in [2.45, 2.75) is 42.4 Å². The number of nitrogens with one attached hydrogen (secondary N) is 1. The molecule has 1 aromatic carbocycles. The second-order valence-electron chi connectivity index (χ2n) is 8.32. The van der Waals surface area contributed by atoms with Crippen molar-refractivity contribution in [3.8, 4) is 0 Å².